The van der Waals surface area contributed by atoms with Gasteiger partial charge in [0.2, 0.25) is 0 Å². The minimum atomic E-state index is 0.410. The molecule has 0 aromatic heterocycles. The third-order valence-corrected chi connectivity index (χ3v) is 2.57. The highest BCUT2D eigenvalue weighted by molar-refractivity contribution is 6.36. The zero-order valence-electron chi connectivity index (χ0n) is 7.80. The fourth-order valence-electron chi connectivity index (χ4n) is 1.32. The van der Waals surface area contributed by atoms with Crippen LogP contribution in [-0.2, 0) is 9.78 Å². The van der Waals surface area contributed by atoms with Gasteiger partial charge in [-0.2, -0.15) is 4.89 Å². The number of halogens is 2. The maximum Gasteiger partial charge on any atom is 0.170 e. The molecule has 2 rings (SSSR count). The fourth-order valence-corrected chi connectivity index (χ4v) is 1.81. The maximum absolute atomic E-state index is 5.91. The lowest BCUT2D eigenvalue weighted by Crippen LogP contribution is -2.05. The average Bonchev–Trinajstić information content (AvgIpc) is 2.24. The standard InChI is InChI=1S/C10H9Cl2NO2/c11-6-4-7(10(13)8(12)5-6)9-2-1-3-14-15-9/h2,4-5H,1,3,13H2. The lowest BCUT2D eigenvalue weighted by Gasteiger charge is -2.15. The van der Waals surface area contributed by atoms with E-state index >= 15 is 0 Å². The van der Waals surface area contributed by atoms with Crippen molar-refractivity contribution >= 4 is 34.6 Å². The summed E-state index contributed by atoms with van der Waals surface area (Å²) in [6, 6.07) is 3.29. The van der Waals surface area contributed by atoms with E-state index in [2.05, 4.69) is 0 Å². The van der Waals surface area contributed by atoms with Crippen LogP contribution in [0.2, 0.25) is 10.0 Å². The van der Waals surface area contributed by atoms with Crippen LogP contribution in [0.25, 0.3) is 5.76 Å². The number of nitrogen functional groups attached to an aromatic ring is 1. The van der Waals surface area contributed by atoms with E-state index in [9.17, 15) is 0 Å². The van der Waals surface area contributed by atoms with Crippen LogP contribution in [0.5, 0.6) is 0 Å². The molecule has 80 valence electrons. The largest absolute Gasteiger partial charge is 0.397 e. The van der Waals surface area contributed by atoms with E-state index in [1.807, 2.05) is 6.08 Å². The molecule has 0 saturated heterocycles. The Balaban J connectivity index is 2.46. The summed E-state index contributed by atoms with van der Waals surface area (Å²) in [6.07, 6.45) is 2.67. The molecule has 0 bridgehead atoms. The van der Waals surface area contributed by atoms with E-state index in [1.165, 1.54) is 0 Å². The van der Waals surface area contributed by atoms with Crippen molar-refractivity contribution in [3.8, 4) is 0 Å². The van der Waals surface area contributed by atoms with Crippen molar-refractivity contribution in [2.45, 2.75) is 6.42 Å². The van der Waals surface area contributed by atoms with Crippen molar-refractivity contribution in [3.05, 3.63) is 33.8 Å². The predicted octanol–water partition coefficient (Wildman–Crippen LogP) is 3.27. The SMILES string of the molecule is Nc1c(Cl)cc(Cl)cc1C1=CCCOO1. The van der Waals surface area contributed by atoms with Gasteiger partial charge in [-0.05, 0) is 24.6 Å². The molecule has 5 heteroatoms. The second kappa shape index (κ2) is 4.31. The van der Waals surface area contributed by atoms with Gasteiger partial charge in [0, 0.05) is 10.6 Å². The summed E-state index contributed by atoms with van der Waals surface area (Å²) in [4.78, 5) is 9.88. The van der Waals surface area contributed by atoms with Crippen molar-refractivity contribution in [2.75, 3.05) is 12.3 Å². The summed E-state index contributed by atoms with van der Waals surface area (Å²) in [5.74, 6) is 0.558. The van der Waals surface area contributed by atoms with Gasteiger partial charge in [0.1, 0.15) is 0 Å². The van der Waals surface area contributed by atoms with Crippen LogP contribution in [0.15, 0.2) is 18.2 Å². The Bertz CT molecular complexity index is 418. The first-order valence-electron chi connectivity index (χ1n) is 4.43. The summed E-state index contributed by atoms with van der Waals surface area (Å²) in [7, 11) is 0. The summed E-state index contributed by atoms with van der Waals surface area (Å²) in [6.45, 7) is 0.539. The van der Waals surface area contributed by atoms with Crippen LogP contribution >= 0.6 is 23.2 Å². The van der Waals surface area contributed by atoms with Gasteiger partial charge >= 0.3 is 0 Å². The zero-order valence-corrected chi connectivity index (χ0v) is 9.31. The molecule has 1 aromatic carbocycles. The minimum Gasteiger partial charge on any atom is -0.397 e. The van der Waals surface area contributed by atoms with E-state index in [-0.39, 0.29) is 0 Å². The Hall–Kier alpha value is -0.900. The lowest BCUT2D eigenvalue weighted by atomic mass is 10.1. The Kier molecular flexibility index (Phi) is 3.05. The Morgan fingerprint density at radius 1 is 1.27 bits per heavy atom. The Labute approximate surface area is 97.3 Å². The average molecular weight is 246 g/mol. The molecule has 1 heterocycles. The monoisotopic (exact) mass is 245 g/mol. The zero-order chi connectivity index (χ0) is 10.8. The Morgan fingerprint density at radius 3 is 2.73 bits per heavy atom. The van der Waals surface area contributed by atoms with Crippen molar-refractivity contribution in [3.63, 3.8) is 0 Å². The number of rotatable bonds is 1. The first-order chi connectivity index (χ1) is 7.18. The summed E-state index contributed by atoms with van der Waals surface area (Å²) in [5.41, 5.74) is 6.92. The van der Waals surface area contributed by atoms with Crippen molar-refractivity contribution in [2.24, 2.45) is 0 Å². The van der Waals surface area contributed by atoms with E-state index in [1.54, 1.807) is 12.1 Å². The number of hydrogen-bond donors (Lipinski definition) is 1. The molecular formula is C10H9Cl2NO2. The number of anilines is 1. The molecule has 0 spiro atoms. The third kappa shape index (κ3) is 2.20. The van der Waals surface area contributed by atoms with Crippen molar-refractivity contribution < 1.29 is 9.78 Å². The normalized spacial score (nSPS) is 15.7. The molecule has 2 N–H and O–H groups in total. The molecule has 0 aliphatic carbocycles. The van der Waals surface area contributed by atoms with Crippen LogP contribution in [0.4, 0.5) is 5.69 Å². The topological polar surface area (TPSA) is 44.5 Å². The smallest absolute Gasteiger partial charge is 0.170 e. The molecule has 0 unspecified atom stereocenters. The van der Waals surface area contributed by atoms with Crippen LogP contribution in [0.1, 0.15) is 12.0 Å². The fraction of sp³-hybridized carbons (Fsp3) is 0.200. The van der Waals surface area contributed by atoms with E-state index < -0.39 is 0 Å². The molecule has 15 heavy (non-hydrogen) atoms. The quantitative estimate of drug-likeness (QED) is 0.610. The van der Waals surface area contributed by atoms with Crippen molar-refractivity contribution in [1.82, 2.24) is 0 Å². The molecule has 0 radical (unpaired) electrons. The summed E-state index contributed by atoms with van der Waals surface area (Å²) in [5, 5.41) is 0.923. The summed E-state index contributed by atoms with van der Waals surface area (Å²) < 4.78 is 0. The van der Waals surface area contributed by atoms with Gasteiger partial charge < -0.3 is 10.6 Å². The molecule has 0 fully saturated rings. The lowest BCUT2D eigenvalue weighted by molar-refractivity contribution is -0.239. The number of hydrogen-bond acceptors (Lipinski definition) is 3. The molecule has 0 atom stereocenters. The van der Waals surface area contributed by atoms with Gasteiger partial charge in [-0.3, -0.25) is 0 Å². The molecule has 1 aromatic rings. The first kappa shape index (κ1) is 10.6. The van der Waals surface area contributed by atoms with Gasteiger partial charge in [-0.15, -0.1) is 0 Å². The second-order valence-electron chi connectivity index (χ2n) is 3.11. The highest BCUT2D eigenvalue weighted by Gasteiger charge is 2.14. The van der Waals surface area contributed by atoms with Crippen LogP contribution in [0, 0.1) is 0 Å². The van der Waals surface area contributed by atoms with Gasteiger partial charge in [0.05, 0.1) is 17.3 Å². The van der Waals surface area contributed by atoms with Crippen molar-refractivity contribution in [1.29, 1.82) is 0 Å². The van der Waals surface area contributed by atoms with E-state index in [0.29, 0.717) is 33.7 Å². The maximum atomic E-state index is 5.91. The second-order valence-corrected chi connectivity index (χ2v) is 3.95. The van der Waals surface area contributed by atoms with Crippen LogP contribution in [-0.4, -0.2) is 6.61 Å². The highest BCUT2D eigenvalue weighted by atomic mass is 35.5. The van der Waals surface area contributed by atoms with Gasteiger partial charge in [-0.25, -0.2) is 0 Å². The number of benzene rings is 1. The molecule has 1 aliphatic heterocycles. The van der Waals surface area contributed by atoms with Crippen LogP contribution in [0.3, 0.4) is 0 Å². The van der Waals surface area contributed by atoms with Gasteiger partial charge in [0.25, 0.3) is 0 Å². The predicted molar refractivity (Wildman–Crippen MR) is 60.5 cm³/mol. The molecule has 0 amide bonds. The molecular weight excluding hydrogens is 237 g/mol. The first-order valence-corrected chi connectivity index (χ1v) is 5.18. The molecule has 1 aliphatic rings. The Morgan fingerprint density at radius 2 is 2.07 bits per heavy atom. The van der Waals surface area contributed by atoms with Gasteiger partial charge in [-0.1, -0.05) is 23.2 Å². The third-order valence-electron chi connectivity index (χ3n) is 2.04. The van der Waals surface area contributed by atoms with E-state index in [0.717, 1.165) is 6.42 Å². The highest BCUT2D eigenvalue weighted by Crippen LogP contribution is 2.33. The van der Waals surface area contributed by atoms with Gasteiger partial charge in [0.15, 0.2) is 5.76 Å². The summed E-state index contributed by atoms with van der Waals surface area (Å²) >= 11 is 11.8. The molecule has 3 nitrogen and oxygen atoms in total. The van der Waals surface area contributed by atoms with E-state index in [4.69, 9.17) is 38.7 Å². The number of nitrogens with two attached hydrogens (primary N) is 1. The van der Waals surface area contributed by atoms with Crippen LogP contribution < -0.4 is 5.73 Å². The molecule has 0 saturated carbocycles. The minimum absolute atomic E-state index is 0.410.